The van der Waals surface area contributed by atoms with Crippen molar-refractivity contribution in [1.82, 2.24) is 4.98 Å². The summed E-state index contributed by atoms with van der Waals surface area (Å²) >= 11 is 1.62. The van der Waals surface area contributed by atoms with E-state index in [0.717, 1.165) is 21.1 Å². The molecule has 2 aromatic rings. The van der Waals surface area contributed by atoms with Gasteiger partial charge in [0, 0.05) is 21.1 Å². The second-order valence-electron chi connectivity index (χ2n) is 3.60. The largest absolute Gasteiger partial charge is 0.261 e. The molecule has 0 saturated carbocycles. The highest BCUT2D eigenvalue weighted by Gasteiger charge is 2.11. The van der Waals surface area contributed by atoms with Gasteiger partial charge in [-0.25, -0.2) is 13.4 Å². The Kier molecular flexibility index (Phi) is 3.25. The Bertz CT molecular complexity index is 645. The van der Waals surface area contributed by atoms with Gasteiger partial charge in [-0.15, -0.1) is 11.3 Å². The third-order valence-corrected chi connectivity index (χ3v) is 4.57. The first-order chi connectivity index (χ1) is 7.88. The van der Waals surface area contributed by atoms with Gasteiger partial charge in [0.25, 0.3) is 9.05 Å². The molecule has 0 N–H and O–H groups in total. The number of halogens is 1. The average Bonchev–Trinajstić information content (AvgIpc) is 2.57. The minimum Gasteiger partial charge on any atom is -0.241 e. The number of nitrogens with zero attached hydrogens (tertiary/aromatic N) is 1. The maximum Gasteiger partial charge on any atom is 0.261 e. The van der Waals surface area contributed by atoms with Gasteiger partial charge in [0.05, 0.1) is 15.6 Å². The molecule has 0 aliphatic heterocycles. The van der Waals surface area contributed by atoms with Crippen LogP contribution in [0.3, 0.4) is 0 Å². The number of thiazole rings is 1. The molecule has 90 valence electrons. The molecule has 0 bridgehead atoms. The van der Waals surface area contributed by atoms with Gasteiger partial charge in [-0.05, 0) is 26.0 Å². The van der Waals surface area contributed by atoms with E-state index in [1.165, 1.54) is 12.1 Å². The molecule has 0 saturated heterocycles. The van der Waals surface area contributed by atoms with Crippen molar-refractivity contribution in [2.75, 3.05) is 0 Å². The Morgan fingerprint density at radius 3 is 2.18 bits per heavy atom. The zero-order valence-corrected chi connectivity index (χ0v) is 11.7. The number of benzene rings is 1. The summed E-state index contributed by atoms with van der Waals surface area (Å²) in [6.45, 7) is 3.94. The lowest BCUT2D eigenvalue weighted by Crippen LogP contribution is -1.90. The summed E-state index contributed by atoms with van der Waals surface area (Å²) in [6.07, 6.45) is 0. The van der Waals surface area contributed by atoms with Gasteiger partial charge in [-0.2, -0.15) is 0 Å². The summed E-state index contributed by atoms with van der Waals surface area (Å²) < 4.78 is 22.2. The molecule has 2 rings (SSSR count). The molecule has 17 heavy (non-hydrogen) atoms. The van der Waals surface area contributed by atoms with Crippen LogP contribution in [-0.2, 0) is 9.05 Å². The van der Waals surface area contributed by atoms with Crippen molar-refractivity contribution < 1.29 is 8.42 Å². The van der Waals surface area contributed by atoms with Gasteiger partial charge in [0.15, 0.2) is 0 Å². The third-order valence-electron chi connectivity index (χ3n) is 2.31. The van der Waals surface area contributed by atoms with Crippen molar-refractivity contribution in [2.45, 2.75) is 18.7 Å². The topological polar surface area (TPSA) is 47.0 Å². The highest BCUT2D eigenvalue weighted by molar-refractivity contribution is 8.13. The molecule has 1 aromatic heterocycles. The molecule has 0 unspecified atom stereocenters. The zero-order chi connectivity index (χ0) is 12.6. The Hall–Kier alpha value is -0.910. The van der Waals surface area contributed by atoms with Crippen molar-refractivity contribution in [3.8, 4) is 11.3 Å². The van der Waals surface area contributed by atoms with Crippen LogP contribution in [0.1, 0.15) is 9.88 Å². The zero-order valence-electron chi connectivity index (χ0n) is 9.27. The Balaban J connectivity index is 2.46. The smallest absolute Gasteiger partial charge is 0.241 e. The molecule has 0 fully saturated rings. The number of aromatic nitrogens is 1. The second kappa shape index (κ2) is 4.40. The summed E-state index contributed by atoms with van der Waals surface area (Å²) in [5.41, 5.74) is 1.79. The average molecular weight is 288 g/mol. The minimum atomic E-state index is -3.65. The van der Waals surface area contributed by atoms with Crippen LogP contribution in [0, 0.1) is 13.8 Å². The van der Waals surface area contributed by atoms with Crippen LogP contribution in [0.5, 0.6) is 0 Å². The second-order valence-corrected chi connectivity index (χ2v) is 7.57. The predicted molar refractivity (Wildman–Crippen MR) is 70.1 cm³/mol. The van der Waals surface area contributed by atoms with Crippen LogP contribution in [0.4, 0.5) is 0 Å². The van der Waals surface area contributed by atoms with Gasteiger partial charge >= 0.3 is 0 Å². The Morgan fingerprint density at radius 1 is 1.18 bits per heavy atom. The van der Waals surface area contributed by atoms with E-state index in [-0.39, 0.29) is 4.90 Å². The van der Waals surface area contributed by atoms with Crippen LogP contribution in [-0.4, -0.2) is 13.4 Å². The van der Waals surface area contributed by atoms with Crippen LogP contribution >= 0.6 is 22.0 Å². The fraction of sp³-hybridized carbons (Fsp3) is 0.182. The molecule has 6 heteroatoms. The molecule has 1 aromatic carbocycles. The van der Waals surface area contributed by atoms with Crippen LogP contribution < -0.4 is 0 Å². The van der Waals surface area contributed by atoms with Crippen molar-refractivity contribution in [1.29, 1.82) is 0 Å². The van der Waals surface area contributed by atoms with Gasteiger partial charge in [0.1, 0.15) is 0 Å². The van der Waals surface area contributed by atoms with Crippen molar-refractivity contribution in [3.05, 3.63) is 34.2 Å². The number of hydrogen-bond donors (Lipinski definition) is 0. The first-order valence-corrected chi connectivity index (χ1v) is 7.99. The summed E-state index contributed by atoms with van der Waals surface area (Å²) in [7, 11) is 1.60. The molecular formula is C11H10ClNO2S2. The standard InChI is InChI=1S/C11H10ClNO2S2/c1-7-11(13-8(2)16-7)9-3-5-10(6-4-9)17(12,14)15/h3-6H,1-2H3. The summed E-state index contributed by atoms with van der Waals surface area (Å²) in [5.74, 6) is 0. The van der Waals surface area contributed by atoms with E-state index in [2.05, 4.69) is 4.98 Å². The molecule has 0 aliphatic rings. The maximum atomic E-state index is 11.1. The minimum absolute atomic E-state index is 0.104. The van der Waals surface area contributed by atoms with Crippen LogP contribution in [0.15, 0.2) is 29.2 Å². The van der Waals surface area contributed by atoms with Crippen molar-refractivity contribution >= 4 is 31.1 Å². The van der Waals surface area contributed by atoms with E-state index in [0.29, 0.717) is 0 Å². The molecule has 0 spiro atoms. The monoisotopic (exact) mass is 287 g/mol. The van der Waals surface area contributed by atoms with Gasteiger partial charge < -0.3 is 0 Å². The van der Waals surface area contributed by atoms with Gasteiger partial charge in [-0.1, -0.05) is 12.1 Å². The Labute approximate surface area is 109 Å². The predicted octanol–water partition coefficient (Wildman–Crippen LogP) is 3.35. The molecule has 0 aliphatic carbocycles. The molecule has 1 heterocycles. The molecular weight excluding hydrogens is 278 g/mol. The summed E-state index contributed by atoms with van der Waals surface area (Å²) in [4.78, 5) is 5.63. The third kappa shape index (κ3) is 2.68. The molecule has 0 atom stereocenters. The Morgan fingerprint density at radius 2 is 1.76 bits per heavy atom. The van der Waals surface area contributed by atoms with E-state index in [1.807, 2.05) is 13.8 Å². The van der Waals surface area contributed by atoms with Gasteiger partial charge in [0.2, 0.25) is 0 Å². The first-order valence-electron chi connectivity index (χ1n) is 4.87. The van der Waals surface area contributed by atoms with Crippen LogP contribution in [0.25, 0.3) is 11.3 Å². The van der Waals surface area contributed by atoms with Crippen molar-refractivity contribution in [2.24, 2.45) is 0 Å². The highest BCUT2D eigenvalue weighted by atomic mass is 35.7. The van der Waals surface area contributed by atoms with Gasteiger partial charge in [-0.3, -0.25) is 0 Å². The maximum absolute atomic E-state index is 11.1. The quantitative estimate of drug-likeness (QED) is 0.796. The number of aryl methyl sites for hydroxylation is 2. The molecule has 0 amide bonds. The summed E-state index contributed by atoms with van der Waals surface area (Å²) in [5, 5.41) is 0.992. The number of rotatable bonds is 2. The normalized spacial score (nSPS) is 11.7. The van der Waals surface area contributed by atoms with Crippen molar-refractivity contribution in [3.63, 3.8) is 0 Å². The lowest BCUT2D eigenvalue weighted by Gasteiger charge is -2.00. The van der Waals surface area contributed by atoms with E-state index < -0.39 is 9.05 Å². The fourth-order valence-corrected chi connectivity index (χ4v) is 3.18. The van der Waals surface area contributed by atoms with E-state index in [9.17, 15) is 8.42 Å². The lowest BCUT2D eigenvalue weighted by atomic mass is 10.1. The number of hydrogen-bond acceptors (Lipinski definition) is 4. The fourth-order valence-electron chi connectivity index (χ4n) is 1.57. The SMILES string of the molecule is Cc1nc(-c2ccc(S(=O)(=O)Cl)cc2)c(C)s1. The molecule has 0 radical (unpaired) electrons. The first kappa shape index (κ1) is 12.5. The lowest BCUT2D eigenvalue weighted by molar-refractivity contribution is 0.609. The van der Waals surface area contributed by atoms with E-state index in [1.54, 1.807) is 23.5 Å². The summed E-state index contributed by atoms with van der Waals surface area (Å²) in [6, 6.07) is 6.42. The van der Waals surface area contributed by atoms with Crippen LogP contribution in [0.2, 0.25) is 0 Å². The van der Waals surface area contributed by atoms with E-state index >= 15 is 0 Å². The van der Waals surface area contributed by atoms with E-state index in [4.69, 9.17) is 10.7 Å². The molecule has 3 nitrogen and oxygen atoms in total. The highest BCUT2D eigenvalue weighted by Crippen LogP contribution is 2.28.